The molecule has 0 saturated heterocycles. The van der Waals surface area contributed by atoms with Crippen molar-refractivity contribution in [1.82, 2.24) is 14.9 Å². The summed E-state index contributed by atoms with van der Waals surface area (Å²) in [6, 6.07) is 7.57. The highest BCUT2D eigenvalue weighted by molar-refractivity contribution is 7.99. The monoisotopic (exact) mass is 491 g/mol. The van der Waals surface area contributed by atoms with Gasteiger partial charge in [-0.3, -0.25) is 4.79 Å². The fourth-order valence-corrected chi connectivity index (χ4v) is 3.35. The number of aromatic nitrogens is 3. The Bertz CT molecular complexity index is 1130. The van der Waals surface area contributed by atoms with Crippen LogP contribution in [0.5, 0.6) is 5.75 Å². The highest BCUT2D eigenvalue weighted by atomic mass is 32.2. The van der Waals surface area contributed by atoms with E-state index in [9.17, 15) is 31.1 Å². The van der Waals surface area contributed by atoms with E-state index in [4.69, 9.17) is 10.6 Å². The van der Waals surface area contributed by atoms with Crippen LogP contribution in [0.4, 0.5) is 32.0 Å². The van der Waals surface area contributed by atoms with Crippen molar-refractivity contribution >= 4 is 23.4 Å². The Morgan fingerprint density at radius 3 is 2.27 bits per heavy atom. The molecule has 2 aromatic carbocycles. The zero-order valence-corrected chi connectivity index (χ0v) is 17.5. The number of methoxy groups -OCH3 is 1. The topological polar surface area (TPSA) is 95.1 Å². The second kappa shape index (κ2) is 9.21. The summed E-state index contributed by atoms with van der Waals surface area (Å²) in [4.78, 5) is 12.2. The first kappa shape index (κ1) is 24.2. The number of nitrogen functional groups attached to an aromatic ring is 1. The SMILES string of the molecule is COc1cccc(-c2nnc(SCC(=O)Nc3cc(C(F)(F)F)cc(C(F)(F)F)c3)n2N)c1. The van der Waals surface area contributed by atoms with Crippen molar-refractivity contribution in [3.8, 4) is 17.1 Å². The van der Waals surface area contributed by atoms with Gasteiger partial charge in [-0.05, 0) is 30.3 Å². The van der Waals surface area contributed by atoms with Crippen LogP contribution in [-0.2, 0) is 17.1 Å². The minimum atomic E-state index is -5.03. The van der Waals surface area contributed by atoms with Gasteiger partial charge < -0.3 is 15.9 Å². The Labute approximate surface area is 186 Å². The van der Waals surface area contributed by atoms with Crippen LogP contribution >= 0.6 is 11.8 Å². The summed E-state index contributed by atoms with van der Waals surface area (Å²) in [5.41, 5.74) is -3.15. The second-order valence-corrected chi connectivity index (χ2v) is 7.48. The number of carbonyl (C=O) groups is 1. The third kappa shape index (κ3) is 5.88. The number of alkyl halides is 6. The van der Waals surface area contributed by atoms with E-state index in [-0.39, 0.29) is 17.0 Å². The highest BCUT2D eigenvalue weighted by Crippen LogP contribution is 2.37. The van der Waals surface area contributed by atoms with Crippen LogP contribution in [0.25, 0.3) is 11.4 Å². The molecule has 0 aliphatic heterocycles. The van der Waals surface area contributed by atoms with Gasteiger partial charge in [0.15, 0.2) is 5.82 Å². The molecule has 0 aliphatic rings. The van der Waals surface area contributed by atoms with Gasteiger partial charge in [-0.25, -0.2) is 4.68 Å². The van der Waals surface area contributed by atoms with Crippen LogP contribution in [0.2, 0.25) is 0 Å². The second-order valence-electron chi connectivity index (χ2n) is 6.54. The number of benzene rings is 2. The van der Waals surface area contributed by atoms with Crippen molar-refractivity contribution in [2.24, 2.45) is 0 Å². The normalized spacial score (nSPS) is 12.0. The maximum absolute atomic E-state index is 13.0. The maximum atomic E-state index is 13.0. The molecule has 0 aliphatic carbocycles. The summed E-state index contributed by atoms with van der Waals surface area (Å²) in [6.07, 6.45) is -10.1. The lowest BCUT2D eigenvalue weighted by Crippen LogP contribution is -2.18. The molecule has 1 amide bonds. The summed E-state index contributed by atoms with van der Waals surface area (Å²) in [5.74, 6) is 5.49. The molecular weight excluding hydrogens is 476 g/mol. The van der Waals surface area contributed by atoms with Crippen LogP contribution < -0.4 is 15.9 Å². The zero-order chi connectivity index (χ0) is 24.4. The average molecular weight is 491 g/mol. The third-order valence-corrected chi connectivity index (χ3v) is 5.14. The Morgan fingerprint density at radius 1 is 1.06 bits per heavy atom. The molecule has 0 bridgehead atoms. The molecule has 0 saturated carbocycles. The van der Waals surface area contributed by atoms with Gasteiger partial charge in [0.1, 0.15) is 5.75 Å². The number of halogens is 6. The van der Waals surface area contributed by atoms with E-state index in [2.05, 4.69) is 10.2 Å². The Morgan fingerprint density at radius 2 is 1.70 bits per heavy atom. The molecule has 7 nitrogen and oxygen atoms in total. The number of rotatable bonds is 6. The molecule has 0 unspecified atom stereocenters. The smallest absolute Gasteiger partial charge is 0.416 e. The molecule has 3 N–H and O–H groups in total. The predicted octanol–water partition coefficient (Wildman–Crippen LogP) is 4.44. The van der Waals surface area contributed by atoms with Crippen molar-refractivity contribution in [2.45, 2.75) is 17.5 Å². The van der Waals surface area contributed by atoms with Gasteiger partial charge >= 0.3 is 12.4 Å². The van der Waals surface area contributed by atoms with Gasteiger partial charge in [-0.2, -0.15) is 26.3 Å². The van der Waals surface area contributed by atoms with E-state index in [1.807, 2.05) is 5.32 Å². The van der Waals surface area contributed by atoms with Gasteiger partial charge in [0.25, 0.3) is 0 Å². The first-order chi connectivity index (χ1) is 15.4. The van der Waals surface area contributed by atoms with Crippen LogP contribution in [-0.4, -0.2) is 33.6 Å². The summed E-state index contributed by atoms with van der Waals surface area (Å²) < 4.78 is 83.9. The van der Waals surface area contributed by atoms with Gasteiger partial charge in [-0.1, -0.05) is 23.9 Å². The summed E-state index contributed by atoms with van der Waals surface area (Å²) in [6.45, 7) is 0. The fraction of sp³-hybridized carbons (Fsp3) is 0.211. The summed E-state index contributed by atoms with van der Waals surface area (Å²) in [5, 5.41) is 9.92. The number of nitrogens with zero attached hydrogens (tertiary/aromatic N) is 3. The number of nitrogens with one attached hydrogen (secondary N) is 1. The zero-order valence-electron chi connectivity index (χ0n) is 16.7. The molecule has 0 fully saturated rings. The third-order valence-electron chi connectivity index (χ3n) is 4.20. The Kier molecular flexibility index (Phi) is 6.76. The molecule has 1 heterocycles. The first-order valence-electron chi connectivity index (χ1n) is 8.95. The van der Waals surface area contributed by atoms with E-state index >= 15 is 0 Å². The number of nitrogens with two attached hydrogens (primary N) is 1. The van der Waals surface area contributed by atoms with E-state index in [1.54, 1.807) is 24.3 Å². The molecular formula is C19H15F6N5O2S. The number of hydrogen-bond donors (Lipinski definition) is 2. The summed E-state index contributed by atoms with van der Waals surface area (Å²) >= 11 is 0.796. The quantitative estimate of drug-likeness (QED) is 0.301. The van der Waals surface area contributed by atoms with E-state index in [0.717, 1.165) is 16.4 Å². The largest absolute Gasteiger partial charge is 0.497 e. The van der Waals surface area contributed by atoms with Crippen molar-refractivity contribution in [1.29, 1.82) is 0 Å². The molecule has 3 rings (SSSR count). The van der Waals surface area contributed by atoms with Gasteiger partial charge in [0, 0.05) is 11.3 Å². The number of hydrogen-bond acceptors (Lipinski definition) is 6. The first-order valence-corrected chi connectivity index (χ1v) is 9.94. The van der Waals surface area contributed by atoms with Crippen molar-refractivity contribution in [3.05, 3.63) is 53.6 Å². The highest BCUT2D eigenvalue weighted by Gasteiger charge is 2.37. The molecule has 0 spiro atoms. The van der Waals surface area contributed by atoms with Crippen LogP contribution in [0, 0.1) is 0 Å². The van der Waals surface area contributed by atoms with Crippen LogP contribution in [0.15, 0.2) is 47.6 Å². The molecule has 33 heavy (non-hydrogen) atoms. The number of ether oxygens (including phenoxy) is 1. The standard InChI is InChI=1S/C19H15F6N5O2S/c1-32-14-4-2-3-10(5-14)16-28-29-17(30(16)26)33-9-15(31)27-13-7-11(18(20,21)22)6-12(8-13)19(23,24)25/h2-8H,9,26H2,1H3,(H,27,31). The van der Waals surface area contributed by atoms with Gasteiger partial charge in [0.2, 0.25) is 11.1 Å². The molecule has 3 aromatic rings. The number of carbonyl (C=O) groups excluding carboxylic acids is 1. The lowest BCUT2D eigenvalue weighted by atomic mass is 10.1. The summed E-state index contributed by atoms with van der Waals surface area (Å²) in [7, 11) is 1.48. The van der Waals surface area contributed by atoms with Gasteiger partial charge in [-0.15, -0.1) is 10.2 Å². The predicted molar refractivity (Wildman–Crippen MR) is 108 cm³/mol. The fourth-order valence-electron chi connectivity index (χ4n) is 2.69. The minimum absolute atomic E-state index is 0.0264. The van der Waals surface area contributed by atoms with E-state index in [1.165, 1.54) is 7.11 Å². The Balaban J connectivity index is 1.73. The van der Waals surface area contributed by atoms with Gasteiger partial charge in [0.05, 0.1) is 24.0 Å². The molecule has 0 radical (unpaired) electrons. The van der Waals surface area contributed by atoms with Crippen molar-refractivity contribution in [2.75, 3.05) is 24.0 Å². The van der Waals surface area contributed by atoms with Crippen molar-refractivity contribution < 1.29 is 35.9 Å². The number of anilines is 1. The average Bonchev–Trinajstić information content (AvgIpc) is 3.11. The van der Waals surface area contributed by atoms with E-state index in [0.29, 0.717) is 23.4 Å². The van der Waals surface area contributed by atoms with Crippen LogP contribution in [0.1, 0.15) is 11.1 Å². The molecule has 0 atom stereocenters. The van der Waals surface area contributed by atoms with Crippen LogP contribution in [0.3, 0.4) is 0 Å². The number of amides is 1. The minimum Gasteiger partial charge on any atom is -0.497 e. The molecule has 1 aromatic heterocycles. The Hall–Kier alpha value is -3.42. The molecule has 176 valence electrons. The lowest BCUT2D eigenvalue weighted by molar-refractivity contribution is -0.143. The van der Waals surface area contributed by atoms with Crippen molar-refractivity contribution in [3.63, 3.8) is 0 Å². The molecule has 14 heteroatoms. The lowest BCUT2D eigenvalue weighted by Gasteiger charge is -2.14. The number of thioether (sulfide) groups is 1. The van der Waals surface area contributed by atoms with E-state index < -0.39 is 40.8 Å². The maximum Gasteiger partial charge on any atom is 0.416 e.